The van der Waals surface area contributed by atoms with Gasteiger partial charge in [-0.2, -0.15) is 0 Å². The number of rotatable bonds is 2. The van der Waals surface area contributed by atoms with Gasteiger partial charge < -0.3 is 5.11 Å². The molecule has 0 radical (unpaired) electrons. The lowest BCUT2D eigenvalue weighted by molar-refractivity contribution is -0.0129. The first kappa shape index (κ1) is 9.80. The maximum absolute atomic E-state index is 12.7. The molecule has 0 aliphatic carbocycles. The molecular weight excluding hydrogens is 171 g/mol. The van der Waals surface area contributed by atoms with Crippen LogP contribution in [-0.2, 0) is 0 Å². The molecule has 5 heteroatoms. The Labute approximate surface area is 69.0 Å². The highest BCUT2D eigenvalue weighted by molar-refractivity contribution is 4.79. The number of nitrogens with zero attached hydrogens (tertiary/aromatic N) is 1. The predicted octanol–water partition coefficient (Wildman–Crippen LogP) is 0.656. The molecule has 12 heavy (non-hydrogen) atoms. The second-order valence-electron chi connectivity index (χ2n) is 3.02. The molecule has 0 bridgehead atoms. The third kappa shape index (κ3) is 2.64. The number of hydrogen-bond donors (Lipinski definition) is 1. The van der Waals surface area contributed by atoms with Gasteiger partial charge in [0.1, 0.15) is 6.17 Å². The van der Waals surface area contributed by atoms with Gasteiger partial charge in [-0.05, 0) is 6.42 Å². The second kappa shape index (κ2) is 4.09. The molecule has 0 amide bonds. The summed E-state index contributed by atoms with van der Waals surface area (Å²) in [4.78, 5) is 1.34. The minimum atomic E-state index is -2.42. The van der Waals surface area contributed by atoms with Crippen LogP contribution in [0.4, 0.5) is 13.2 Å². The van der Waals surface area contributed by atoms with Crippen molar-refractivity contribution in [2.24, 2.45) is 0 Å². The summed E-state index contributed by atoms with van der Waals surface area (Å²) in [5.41, 5.74) is 0. The molecular formula is C7H12F3NO. The van der Waals surface area contributed by atoms with E-state index < -0.39 is 25.2 Å². The zero-order valence-electron chi connectivity index (χ0n) is 6.59. The summed E-state index contributed by atoms with van der Waals surface area (Å²) in [5, 5.41) is 8.94. The lowest BCUT2D eigenvalue weighted by atomic mass is 10.1. The van der Waals surface area contributed by atoms with Crippen molar-refractivity contribution in [3.63, 3.8) is 0 Å². The van der Waals surface area contributed by atoms with E-state index in [-0.39, 0.29) is 13.0 Å². The number of piperidine rings is 1. The molecule has 0 aromatic rings. The van der Waals surface area contributed by atoms with Gasteiger partial charge in [-0.1, -0.05) is 0 Å². The summed E-state index contributed by atoms with van der Waals surface area (Å²) in [6.45, 7) is -0.120. The Hall–Kier alpha value is -0.290. The minimum absolute atomic E-state index is 0.0779. The van der Waals surface area contributed by atoms with Crippen molar-refractivity contribution >= 4 is 0 Å². The van der Waals surface area contributed by atoms with Crippen LogP contribution in [0.25, 0.3) is 0 Å². The molecule has 1 aliphatic heterocycles. The highest BCUT2D eigenvalue weighted by Gasteiger charge is 2.28. The molecule has 1 saturated heterocycles. The fourth-order valence-electron chi connectivity index (χ4n) is 1.32. The highest BCUT2D eigenvalue weighted by Crippen LogP contribution is 2.14. The molecule has 1 rings (SSSR count). The molecule has 72 valence electrons. The van der Waals surface area contributed by atoms with E-state index in [9.17, 15) is 13.2 Å². The molecule has 1 N–H and O–H groups in total. The molecule has 2 nitrogen and oxygen atoms in total. The SMILES string of the molecule is O[C@@H]1CCN(CC(F)F)C[C@@H]1F. The Morgan fingerprint density at radius 2 is 2.17 bits per heavy atom. The monoisotopic (exact) mass is 183 g/mol. The van der Waals surface area contributed by atoms with Crippen LogP contribution in [0.15, 0.2) is 0 Å². The van der Waals surface area contributed by atoms with Crippen LogP contribution in [0.1, 0.15) is 6.42 Å². The van der Waals surface area contributed by atoms with E-state index in [2.05, 4.69) is 0 Å². The van der Waals surface area contributed by atoms with Crippen molar-refractivity contribution in [2.75, 3.05) is 19.6 Å². The van der Waals surface area contributed by atoms with Gasteiger partial charge in [-0.15, -0.1) is 0 Å². The summed E-state index contributed by atoms with van der Waals surface area (Å²) < 4.78 is 36.4. The Kier molecular flexibility index (Phi) is 3.34. The highest BCUT2D eigenvalue weighted by atomic mass is 19.3. The van der Waals surface area contributed by atoms with Crippen molar-refractivity contribution in [3.8, 4) is 0 Å². The van der Waals surface area contributed by atoms with E-state index in [0.717, 1.165) is 0 Å². The average Bonchev–Trinajstić information content (AvgIpc) is 1.96. The van der Waals surface area contributed by atoms with Crippen LogP contribution >= 0.6 is 0 Å². The zero-order chi connectivity index (χ0) is 9.14. The Balaban J connectivity index is 2.30. The van der Waals surface area contributed by atoms with Crippen LogP contribution in [-0.4, -0.2) is 48.3 Å². The predicted molar refractivity (Wildman–Crippen MR) is 38.0 cm³/mol. The maximum Gasteiger partial charge on any atom is 0.251 e. The van der Waals surface area contributed by atoms with Crippen molar-refractivity contribution < 1.29 is 18.3 Å². The van der Waals surface area contributed by atoms with Gasteiger partial charge in [0.05, 0.1) is 12.6 Å². The number of alkyl halides is 3. The summed E-state index contributed by atoms with van der Waals surface area (Å²) in [7, 11) is 0. The molecule has 1 fully saturated rings. The van der Waals surface area contributed by atoms with Crippen molar-refractivity contribution in [1.82, 2.24) is 4.90 Å². The molecule has 2 atom stereocenters. The molecule has 0 spiro atoms. The number of likely N-dealkylation sites (tertiary alicyclic amines) is 1. The minimum Gasteiger partial charge on any atom is -0.390 e. The van der Waals surface area contributed by atoms with Crippen LogP contribution in [0.5, 0.6) is 0 Å². The van der Waals surface area contributed by atoms with Gasteiger partial charge >= 0.3 is 0 Å². The van der Waals surface area contributed by atoms with Crippen LogP contribution in [0.2, 0.25) is 0 Å². The van der Waals surface area contributed by atoms with Crippen molar-refractivity contribution in [2.45, 2.75) is 25.1 Å². The normalized spacial score (nSPS) is 32.8. The summed E-state index contributed by atoms with van der Waals surface area (Å²) in [6.07, 6.45) is -4.53. The molecule has 1 aliphatic rings. The summed E-state index contributed by atoms with van der Waals surface area (Å²) in [6, 6.07) is 0. The summed E-state index contributed by atoms with van der Waals surface area (Å²) in [5.74, 6) is 0. The van der Waals surface area contributed by atoms with Gasteiger partial charge in [-0.3, -0.25) is 4.90 Å². The van der Waals surface area contributed by atoms with E-state index in [1.807, 2.05) is 0 Å². The van der Waals surface area contributed by atoms with Gasteiger partial charge in [-0.25, -0.2) is 13.2 Å². The Bertz CT molecular complexity index is 145. The van der Waals surface area contributed by atoms with Crippen molar-refractivity contribution in [3.05, 3.63) is 0 Å². The molecule has 0 aromatic carbocycles. The Morgan fingerprint density at radius 3 is 2.67 bits per heavy atom. The number of aliphatic hydroxyl groups excluding tert-OH is 1. The van der Waals surface area contributed by atoms with Gasteiger partial charge in [0, 0.05) is 13.1 Å². The van der Waals surface area contributed by atoms with E-state index >= 15 is 0 Å². The average molecular weight is 183 g/mol. The van der Waals surface area contributed by atoms with Crippen LogP contribution in [0.3, 0.4) is 0 Å². The fourth-order valence-corrected chi connectivity index (χ4v) is 1.32. The van der Waals surface area contributed by atoms with Crippen molar-refractivity contribution in [1.29, 1.82) is 0 Å². The first-order valence-corrected chi connectivity index (χ1v) is 3.92. The molecule has 0 unspecified atom stereocenters. The Morgan fingerprint density at radius 1 is 1.50 bits per heavy atom. The third-order valence-corrected chi connectivity index (χ3v) is 1.99. The largest absolute Gasteiger partial charge is 0.390 e. The number of halogens is 3. The first-order valence-electron chi connectivity index (χ1n) is 3.92. The van der Waals surface area contributed by atoms with E-state index in [0.29, 0.717) is 6.54 Å². The number of aliphatic hydroxyl groups is 1. The topological polar surface area (TPSA) is 23.5 Å². The van der Waals surface area contributed by atoms with Crippen LogP contribution < -0.4 is 0 Å². The second-order valence-corrected chi connectivity index (χ2v) is 3.02. The van der Waals surface area contributed by atoms with Gasteiger partial charge in [0.15, 0.2) is 0 Å². The lowest BCUT2D eigenvalue weighted by Crippen LogP contribution is -2.46. The smallest absolute Gasteiger partial charge is 0.251 e. The van der Waals surface area contributed by atoms with Gasteiger partial charge in [0.2, 0.25) is 0 Å². The quantitative estimate of drug-likeness (QED) is 0.679. The van der Waals surface area contributed by atoms with Crippen LogP contribution in [0, 0.1) is 0 Å². The van der Waals surface area contributed by atoms with Gasteiger partial charge in [0.25, 0.3) is 6.43 Å². The molecule has 0 saturated carbocycles. The molecule has 1 heterocycles. The zero-order valence-corrected chi connectivity index (χ0v) is 6.59. The van der Waals surface area contributed by atoms with E-state index in [4.69, 9.17) is 5.11 Å². The molecule has 0 aromatic heterocycles. The number of hydrogen-bond acceptors (Lipinski definition) is 2. The van der Waals surface area contributed by atoms with E-state index in [1.165, 1.54) is 4.90 Å². The fraction of sp³-hybridized carbons (Fsp3) is 1.00. The lowest BCUT2D eigenvalue weighted by Gasteiger charge is -2.31. The maximum atomic E-state index is 12.7. The summed E-state index contributed by atoms with van der Waals surface area (Å²) >= 11 is 0. The van der Waals surface area contributed by atoms with E-state index in [1.54, 1.807) is 0 Å². The first-order chi connectivity index (χ1) is 5.59. The standard InChI is InChI=1S/C7H12F3NO/c8-5-3-11(4-7(9)10)2-1-6(5)12/h5-7,12H,1-4H2/t5-,6+/m0/s1. The third-order valence-electron chi connectivity index (χ3n) is 1.99.